The molecule has 5 rings (SSSR count). The van der Waals surface area contributed by atoms with Gasteiger partial charge in [-0.25, -0.2) is 14.1 Å². The molecule has 1 saturated heterocycles. The minimum absolute atomic E-state index is 0.115. The average molecular weight is 437 g/mol. The first-order chi connectivity index (χ1) is 15.5. The Kier molecular flexibility index (Phi) is 5.13. The van der Waals surface area contributed by atoms with Crippen molar-refractivity contribution in [2.75, 3.05) is 20.2 Å². The van der Waals surface area contributed by atoms with Gasteiger partial charge in [0.25, 0.3) is 0 Å². The Hall–Kier alpha value is -3.33. The Balaban J connectivity index is 1.35. The molecule has 1 spiro atoms. The van der Waals surface area contributed by atoms with E-state index < -0.39 is 11.1 Å². The molecule has 0 unspecified atom stereocenters. The van der Waals surface area contributed by atoms with E-state index in [0.29, 0.717) is 24.7 Å². The Bertz CT molecular complexity index is 1270. The van der Waals surface area contributed by atoms with E-state index in [1.54, 1.807) is 25.4 Å². The molecule has 0 aliphatic carbocycles. The average Bonchev–Trinajstić information content (AvgIpc) is 3.36. The SMILES string of the molecule is COc1ncccc1CN1CC[C@@]2(Cc3nn(Cc4ccc(F)cc4)c(=O)c(=O)n3C2)C1. The Morgan fingerprint density at radius 3 is 2.69 bits per heavy atom. The molecule has 8 nitrogen and oxygen atoms in total. The summed E-state index contributed by atoms with van der Waals surface area (Å²) >= 11 is 0. The zero-order valence-electron chi connectivity index (χ0n) is 17.8. The van der Waals surface area contributed by atoms with Crippen molar-refractivity contribution in [3.8, 4) is 5.88 Å². The summed E-state index contributed by atoms with van der Waals surface area (Å²) in [5.74, 6) is 0.913. The van der Waals surface area contributed by atoms with Crippen molar-refractivity contribution >= 4 is 0 Å². The minimum atomic E-state index is -0.648. The molecule has 9 heteroatoms. The maximum absolute atomic E-state index is 13.2. The van der Waals surface area contributed by atoms with Crippen LogP contribution in [0.4, 0.5) is 4.39 Å². The largest absolute Gasteiger partial charge is 0.481 e. The van der Waals surface area contributed by atoms with Crippen molar-refractivity contribution in [1.82, 2.24) is 24.2 Å². The second-order valence-corrected chi connectivity index (χ2v) is 8.71. The lowest BCUT2D eigenvalue weighted by Gasteiger charge is -2.23. The predicted molar refractivity (Wildman–Crippen MR) is 115 cm³/mol. The molecule has 0 bridgehead atoms. The number of ether oxygens (including phenoxy) is 1. The van der Waals surface area contributed by atoms with Crippen LogP contribution >= 0.6 is 0 Å². The summed E-state index contributed by atoms with van der Waals surface area (Å²) in [7, 11) is 1.62. The van der Waals surface area contributed by atoms with E-state index >= 15 is 0 Å². The standard InChI is InChI=1S/C23H24FN5O3/c1-32-20-17(3-2-9-25-20)13-27-10-8-23(14-27)11-19-26-29(22(31)21(30)28(19)15-23)12-16-4-6-18(24)7-5-16/h2-7,9H,8,10-15H2,1H3/t23-/m1/s1. The van der Waals surface area contributed by atoms with E-state index in [1.807, 2.05) is 12.1 Å². The third kappa shape index (κ3) is 3.73. The summed E-state index contributed by atoms with van der Waals surface area (Å²) in [5, 5.41) is 4.51. The fraction of sp³-hybridized carbons (Fsp3) is 0.391. The van der Waals surface area contributed by atoms with Gasteiger partial charge in [-0.2, -0.15) is 5.10 Å². The zero-order valence-corrected chi connectivity index (χ0v) is 17.8. The summed E-state index contributed by atoms with van der Waals surface area (Å²) in [6.45, 7) is 3.05. The highest BCUT2D eigenvalue weighted by molar-refractivity contribution is 5.25. The molecule has 1 aromatic carbocycles. The van der Waals surface area contributed by atoms with Crippen molar-refractivity contribution in [3.05, 3.63) is 86.1 Å². The highest BCUT2D eigenvalue weighted by Crippen LogP contribution is 2.39. The quantitative estimate of drug-likeness (QED) is 0.562. The van der Waals surface area contributed by atoms with Crippen LogP contribution in [0.15, 0.2) is 52.2 Å². The topological polar surface area (TPSA) is 82.2 Å². The van der Waals surface area contributed by atoms with Gasteiger partial charge in [0.15, 0.2) is 0 Å². The van der Waals surface area contributed by atoms with Crippen LogP contribution in [0.5, 0.6) is 5.88 Å². The monoisotopic (exact) mass is 437 g/mol. The Labute approximate surface area is 183 Å². The third-order valence-corrected chi connectivity index (χ3v) is 6.44. The van der Waals surface area contributed by atoms with Gasteiger partial charge in [0, 0.05) is 43.2 Å². The molecule has 2 aliphatic rings. The highest BCUT2D eigenvalue weighted by atomic mass is 19.1. The summed E-state index contributed by atoms with van der Waals surface area (Å²) in [6, 6.07) is 9.76. The van der Waals surface area contributed by atoms with Crippen molar-refractivity contribution in [1.29, 1.82) is 0 Å². The van der Waals surface area contributed by atoms with Gasteiger partial charge in [-0.1, -0.05) is 18.2 Å². The van der Waals surface area contributed by atoms with Gasteiger partial charge >= 0.3 is 11.1 Å². The summed E-state index contributed by atoms with van der Waals surface area (Å²) < 4.78 is 21.3. The van der Waals surface area contributed by atoms with Crippen molar-refractivity contribution in [3.63, 3.8) is 0 Å². The normalized spacial score (nSPS) is 20.1. The minimum Gasteiger partial charge on any atom is -0.481 e. The van der Waals surface area contributed by atoms with Gasteiger partial charge in [-0.05, 0) is 36.7 Å². The second-order valence-electron chi connectivity index (χ2n) is 8.71. The van der Waals surface area contributed by atoms with Crippen molar-refractivity contribution < 1.29 is 9.13 Å². The van der Waals surface area contributed by atoms with E-state index in [4.69, 9.17) is 4.74 Å². The number of benzene rings is 1. The molecule has 4 heterocycles. The van der Waals surface area contributed by atoms with E-state index in [-0.39, 0.29) is 17.8 Å². The molecule has 32 heavy (non-hydrogen) atoms. The molecular formula is C23H24FN5O3. The van der Waals surface area contributed by atoms with E-state index in [1.165, 1.54) is 21.4 Å². The molecule has 1 fully saturated rings. The van der Waals surface area contributed by atoms with Crippen LogP contribution in [0.3, 0.4) is 0 Å². The number of fused-ring (bicyclic) bond motifs is 1. The van der Waals surface area contributed by atoms with Gasteiger partial charge in [0.1, 0.15) is 11.6 Å². The van der Waals surface area contributed by atoms with Crippen LogP contribution in [0.25, 0.3) is 0 Å². The number of likely N-dealkylation sites (tertiary alicyclic amines) is 1. The molecule has 0 N–H and O–H groups in total. The van der Waals surface area contributed by atoms with Gasteiger partial charge in [0.2, 0.25) is 5.88 Å². The lowest BCUT2D eigenvalue weighted by Crippen LogP contribution is -2.43. The van der Waals surface area contributed by atoms with Crippen molar-refractivity contribution in [2.45, 2.75) is 32.5 Å². The van der Waals surface area contributed by atoms with Crippen molar-refractivity contribution in [2.24, 2.45) is 5.41 Å². The number of rotatable bonds is 5. The Morgan fingerprint density at radius 2 is 1.91 bits per heavy atom. The maximum Gasteiger partial charge on any atom is 0.332 e. The molecule has 2 aliphatic heterocycles. The smallest absolute Gasteiger partial charge is 0.332 e. The third-order valence-electron chi connectivity index (χ3n) is 6.44. The van der Waals surface area contributed by atoms with Crippen LogP contribution in [-0.2, 0) is 26.1 Å². The van der Waals surface area contributed by atoms with E-state index in [9.17, 15) is 14.0 Å². The number of aromatic nitrogens is 4. The first-order valence-corrected chi connectivity index (χ1v) is 10.6. The van der Waals surface area contributed by atoms with E-state index in [2.05, 4.69) is 15.0 Å². The second kappa shape index (κ2) is 7.98. The number of hydrogen-bond donors (Lipinski definition) is 0. The predicted octanol–water partition coefficient (Wildman–Crippen LogP) is 1.44. The highest BCUT2D eigenvalue weighted by Gasteiger charge is 2.44. The molecule has 3 aromatic rings. The van der Waals surface area contributed by atoms with Gasteiger partial charge in [-0.3, -0.25) is 19.1 Å². The lowest BCUT2D eigenvalue weighted by atomic mass is 9.86. The Morgan fingerprint density at radius 1 is 1.09 bits per heavy atom. The summed E-state index contributed by atoms with van der Waals surface area (Å²) in [5.41, 5.74) is 0.439. The van der Waals surface area contributed by atoms with Crippen LogP contribution in [0.1, 0.15) is 23.4 Å². The van der Waals surface area contributed by atoms with Gasteiger partial charge in [-0.15, -0.1) is 0 Å². The van der Waals surface area contributed by atoms with E-state index in [0.717, 1.165) is 37.2 Å². The number of halogens is 1. The number of hydrogen-bond acceptors (Lipinski definition) is 6. The molecule has 0 saturated carbocycles. The number of pyridine rings is 1. The maximum atomic E-state index is 13.2. The molecule has 0 amide bonds. The molecule has 166 valence electrons. The number of nitrogens with zero attached hydrogens (tertiary/aromatic N) is 5. The van der Waals surface area contributed by atoms with Crippen LogP contribution in [0.2, 0.25) is 0 Å². The van der Waals surface area contributed by atoms with Gasteiger partial charge in [0.05, 0.1) is 13.7 Å². The molecule has 0 radical (unpaired) electrons. The van der Waals surface area contributed by atoms with Crippen LogP contribution in [0, 0.1) is 11.2 Å². The zero-order chi connectivity index (χ0) is 22.3. The lowest BCUT2D eigenvalue weighted by molar-refractivity contribution is 0.243. The fourth-order valence-corrected chi connectivity index (χ4v) is 4.88. The summed E-state index contributed by atoms with van der Waals surface area (Å²) in [4.78, 5) is 32.1. The van der Waals surface area contributed by atoms with Crippen LogP contribution < -0.4 is 15.9 Å². The molecular weight excluding hydrogens is 413 g/mol. The summed E-state index contributed by atoms with van der Waals surface area (Å²) in [6.07, 6.45) is 3.28. The van der Waals surface area contributed by atoms with Gasteiger partial charge < -0.3 is 4.74 Å². The first kappa shape index (κ1) is 20.6. The fourth-order valence-electron chi connectivity index (χ4n) is 4.88. The molecule has 1 atom stereocenters. The van der Waals surface area contributed by atoms with Crippen LogP contribution in [-0.4, -0.2) is 44.4 Å². The first-order valence-electron chi connectivity index (χ1n) is 10.6. The molecule has 2 aromatic heterocycles. The number of methoxy groups -OCH3 is 1.